The molecule has 0 heterocycles. The molecule has 2 aliphatic rings. The summed E-state index contributed by atoms with van der Waals surface area (Å²) in [5.41, 5.74) is 3.09. The summed E-state index contributed by atoms with van der Waals surface area (Å²) in [5.74, 6) is 8.54. The van der Waals surface area contributed by atoms with E-state index in [9.17, 15) is 0 Å². The van der Waals surface area contributed by atoms with Gasteiger partial charge in [0.1, 0.15) is 0 Å². The van der Waals surface area contributed by atoms with E-state index in [1.807, 2.05) is 0 Å². The van der Waals surface area contributed by atoms with Gasteiger partial charge in [-0.15, -0.1) is 0 Å². The summed E-state index contributed by atoms with van der Waals surface area (Å²) >= 11 is 0. The summed E-state index contributed by atoms with van der Waals surface area (Å²) in [6, 6.07) is 0.604. The van der Waals surface area contributed by atoms with Crippen molar-refractivity contribution in [2.45, 2.75) is 64.3 Å². The Bertz CT molecular complexity index is 189. The molecule has 0 aliphatic heterocycles. The lowest BCUT2D eigenvalue weighted by molar-refractivity contribution is 0.198. The Morgan fingerprint density at radius 1 is 1.20 bits per heavy atom. The van der Waals surface area contributed by atoms with E-state index < -0.39 is 0 Å². The maximum atomic E-state index is 5.72. The number of nitrogens with one attached hydrogen (secondary N) is 1. The predicted octanol–water partition coefficient (Wildman–Crippen LogP) is 2.83. The molecule has 15 heavy (non-hydrogen) atoms. The van der Waals surface area contributed by atoms with Gasteiger partial charge >= 0.3 is 0 Å². The van der Waals surface area contributed by atoms with Crippen LogP contribution in [0.3, 0.4) is 0 Å². The van der Waals surface area contributed by atoms with Crippen molar-refractivity contribution in [2.75, 3.05) is 0 Å². The van der Waals surface area contributed by atoms with Crippen LogP contribution >= 0.6 is 0 Å². The van der Waals surface area contributed by atoms with Gasteiger partial charge in [-0.3, -0.25) is 11.3 Å². The highest BCUT2D eigenvalue weighted by Crippen LogP contribution is 2.39. The molecule has 2 rings (SSSR count). The van der Waals surface area contributed by atoms with Crippen LogP contribution in [0.2, 0.25) is 0 Å². The van der Waals surface area contributed by atoms with E-state index in [-0.39, 0.29) is 0 Å². The van der Waals surface area contributed by atoms with E-state index in [1.165, 1.54) is 51.4 Å². The van der Waals surface area contributed by atoms with Gasteiger partial charge in [0.2, 0.25) is 0 Å². The monoisotopic (exact) mass is 210 g/mol. The third-order valence-corrected chi connectivity index (χ3v) is 4.47. The summed E-state index contributed by atoms with van der Waals surface area (Å²) in [6.07, 6.45) is 11.3. The van der Waals surface area contributed by atoms with Gasteiger partial charge in [-0.25, -0.2) is 0 Å². The van der Waals surface area contributed by atoms with Crippen LogP contribution in [0.5, 0.6) is 0 Å². The van der Waals surface area contributed by atoms with Gasteiger partial charge in [-0.1, -0.05) is 39.0 Å². The highest BCUT2D eigenvalue weighted by atomic mass is 15.2. The number of hydrazine groups is 1. The predicted molar refractivity (Wildman–Crippen MR) is 64.2 cm³/mol. The zero-order valence-corrected chi connectivity index (χ0v) is 10.0. The molecule has 3 atom stereocenters. The second kappa shape index (κ2) is 5.31. The number of hydrogen-bond acceptors (Lipinski definition) is 2. The maximum absolute atomic E-state index is 5.72. The van der Waals surface area contributed by atoms with Gasteiger partial charge in [0.05, 0.1) is 0 Å². The zero-order chi connectivity index (χ0) is 10.7. The molecule has 0 radical (unpaired) electrons. The third-order valence-electron chi connectivity index (χ3n) is 4.47. The van der Waals surface area contributed by atoms with Crippen LogP contribution in [0, 0.1) is 17.8 Å². The van der Waals surface area contributed by atoms with Gasteiger partial charge in [-0.2, -0.15) is 0 Å². The summed E-state index contributed by atoms with van der Waals surface area (Å²) in [7, 11) is 0. The van der Waals surface area contributed by atoms with E-state index in [4.69, 9.17) is 5.84 Å². The molecule has 0 spiro atoms. The molecule has 2 aliphatic carbocycles. The van der Waals surface area contributed by atoms with Crippen molar-refractivity contribution >= 4 is 0 Å². The van der Waals surface area contributed by atoms with Crippen molar-refractivity contribution in [3.63, 3.8) is 0 Å². The normalized spacial score (nSPS) is 34.0. The van der Waals surface area contributed by atoms with Crippen molar-refractivity contribution < 1.29 is 0 Å². The van der Waals surface area contributed by atoms with E-state index >= 15 is 0 Å². The molecule has 3 unspecified atom stereocenters. The lowest BCUT2D eigenvalue weighted by atomic mass is 9.76. The third kappa shape index (κ3) is 3.18. The lowest BCUT2D eigenvalue weighted by Gasteiger charge is -2.34. The summed E-state index contributed by atoms with van der Waals surface area (Å²) in [4.78, 5) is 0. The topological polar surface area (TPSA) is 38.0 Å². The second-order valence-corrected chi connectivity index (χ2v) is 5.65. The molecule has 0 bridgehead atoms. The van der Waals surface area contributed by atoms with Gasteiger partial charge in [0, 0.05) is 6.04 Å². The first kappa shape index (κ1) is 11.4. The molecule has 88 valence electrons. The molecule has 2 nitrogen and oxygen atoms in total. The Morgan fingerprint density at radius 3 is 2.60 bits per heavy atom. The average molecular weight is 210 g/mol. The summed E-state index contributed by atoms with van der Waals surface area (Å²) in [5, 5.41) is 0. The summed E-state index contributed by atoms with van der Waals surface area (Å²) in [6.45, 7) is 2.33. The SMILES string of the molecule is CCC1CCCC(C(CC2CC2)NN)C1. The molecule has 0 aromatic carbocycles. The fraction of sp³-hybridized carbons (Fsp3) is 1.00. The van der Waals surface area contributed by atoms with E-state index in [2.05, 4.69) is 12.3 Å². The highest BCUT2D eigenvalue weighted by molar-refractivity contribution is 4.86. The molecule has 0 aromatic rings. The Labute approximate surface area is 94.0 Å². The smallest absolute Gasteiger partial charge is 0.0241 e. The average Bonchev–Trinajstić information content (AvgIpc) is 3.10. The number of nitrogens with two attached hydrogens (primary N) is 1. The fourth-order valence-electron chi connectivity index (χ4n) is 3.18. The van der Waals surface area contributed by atoms with E-state index in [1.54, 1.807) is 0 Å². The molecular formula is C13H26N2. The molecule has 0 saturated heterocycles. The molecular weight excluding hydrogens is 184 g/mol. The molecule has 2 fully saturated rings. The van der Waals surface area contributed by atoms with Crippen molar-refractivity contribution in [1.82, 2.24) is 5.43 Å². The van der Waals surface area contributed by atoms with Gasteiger partial charge in [0.25, 0.3) is 0 Å². The zero-order valence-electron chi connectivity index (χ0n) is 10.0. The van der Waals surface area contributed by atoms with Crippen LogP contribution in [0.1, 0.15) is 58.3 Å². The number of hydrogen-bond donors (Lipinski definition) is 2. The van der Waals surface area contributed by atoms with Crippen LogP contribution in [-0.2, 0) is 0 Å². The minimum absolute atomic E-state index is 0.604. The summed E-state index contributed by atoms with van der Waals surface area (Å²) < 4.78 is 0. The van der Waals surface area contributed by atoms with Crippen molar-refractivity contribution in [1.29, 1.82) is 0 Å². The molecule has 2 heteroatoms. The first-order valence-corrected chi connectivity index (χ1v) is 6.79. The standard InChI is InChI=1S/C13H26N2/c1-2-10-4-3-5-12(8-10)13(15-14)9-11-6-7-11/h10-13,15H,2-9,14H2,1H3. The van der Waals surface area contributed by atoms with Gasteiger partial charge in [0.15, 0.2) is 0 Å². The Kier molecular flexibility index (Phi) is 4.04. The van der Waals surface area contributed by atoms with Crippen molar-refractivity contribution in [3.05, 3.63) is 0 Å². The first-order valence-electron chi connectivity index (χ1n) is 6.79. The molecule has 2 saturated carbocycles. The van der Waals surface area contributed by atoms with Crippen molar-refractivity contribution in [2.24, 2.45) is 23.6 Å². The second-order valence-electron chi connectivity index (χ2n) is 5.65. The first-order chi connectivity index (χ1) is 7.33. The van der Waals surface area contributed by atoms with Crippen LogP contribution < -0.4 is 11.3 Å². The Morgan fingerprint density at radius 2 is 2.00 bits per heavy atom. The fourth-order valence-corrected chi connectivity index (χ4v) is 3.18. The van der Waals surface area contributed by atoms with Crippen molar-refractivity contribution in [3.8, 4) is 0 Å². The quantitative estimate of drug-likeness (QED) is 0.541. The maximum Gasteiger partial charge on any atom is 0.0241 e. The van der Waals surface area contributed by atoms with Crippen LogP contribution in [-0.4, -0.2) is 6.04 Å². The van der Waals surface area contributed by atoms with Gasteiger partial charge in [-0.05, 0) is 37.0 Å². The van der Waals surface area contributed by atoms with E-state index in [0.717, 1.165) is 17.8 Å². The minimum Gasteiger partial charge on any atom is -0.271 e. The molecule has 3 N–H and O–H groups in total. The minimum atomic E-state index is 0.604. The molecule has 0 amide bonds. The van der Waals surface area contributed by atoms with E-state index in [0.29, 0.717) is 6.04 Å². The largest absolute Gasteiger partial charge is 0.271 e. The van der Waals surface area contributed by atoms with Crippen LogP contribution in [0.15, 0.2) is 0 Å². The number of rotatable bonds is 5. The highest BCUT2D eigenvalue weighted by Gasteiger charge is 2.32. The van der Waals surface area contributed by atoms with Crippen LogP contribution in [0.4, 0.5) is 0 Å². The lowest BCUT2D eigenvalue weighted by Crippen LogP contribution is -2.42. The van der Waals surface area contributed by atoms with Gasteiger partial charge < -0.3 is 0 Å². The Balaban J connectivity index is 1.82. The van der Waals surface area contributed by atoms with Crippen LogP contribution in [0.25, 0.3) is 0 Å². The Hall–Kier alpha value is -0.0800. The molecule has 0 aromatic heterocycles.